The van der Waals surface area contributed by atoms with Crippen molar-refractivity contribution in [2.75, 3.05) is 13.1 Å². The molecule has 0 radical (unpaired) electrons. The van der Waals surface area contributed by atoms with E-state index in [9.17, 15) is 4.79 Å². The zero-order valence-corrected chi connectivity index (χ0v) is 15.1. The summed E-state index contributed by atoms with van der Waals surface area (Å²) in [5, 5.41) is 3.06. The third-order valence-corrected chi connectivity index (χ3v) is 5.31. The standard InChI is InChI=1S/C19H34N2O2/c1-19(2,3)23-18(22)20-16-8-10-17(11-9-16)21(12-14-4-5-14)13-15-6-7-15/h14-17H,4-13H2,1-3H3,(H,20,22)/t16-,17-. The quantitative estimate of drug-likeness (QED) is 0.805. The van der Waals surface area contributed by atoms with Crippen LogP contribution in [0.4, 0.5) is 4.79 Å². The molecule has 0 aromatic carbocycles. The summed E-state index contributed by atoms with van der Waals surface area (Å²) in [6.07, 6.45) is 10.1. The number of alkyl carbamates (subject to hydrolysis) is 1. The van der Waals surface area contributed by atoms with Gasteiger partial charge in [-0.05, 0) is 84.0 Å². The summed E-state index contributed by atoms with van der Waals surface area (Å²) in [5.74, 6) is 1.96. The molecule has 23 heavy (non-hydrogen) atoms. The molecule has 1 N–H and O–H groups in total. The number of hydrogen-bond donors (Lipinski definition) is 1. The average molecular weight is 322 g/mol. The van der Waals surface area contributed by atoms with Gasteiger partial charge >= 0.3 is 6.09 Å². The summed E-state index contributed by atoms with van der Waals surface area (Å²) in [6.45, 7) is 8.39. The van der Waals surface area contributed by atoms with E-state index in [2.05, 4.69) is 10.2 Å². The van der Waals surface area contributed by atoms with Gasteiger partial charge in [-0.25, -0.2) is 4.79 Å². The van der Waals surface area contributed by atoms with Gasteiger partial charge in [0.2, 0.25) is 0 Å². The Hall–Kier alpha value is -0.770. The molecule has 3 aliphatic rings. The molecule has 4 heteroatoms. The first-order valence-corrected chi connectivity index (χ1v) is 9.62. The average Bonchev–Trinajstić information content (AvgIpc) is 3.32. The van der Waals surface area contributed by atoms with Gasteiger partial charge in [0.1, 0.15) is 5.60 Å². The molecule has 0 aliphatic heterocycles. The van der Waals surface area contributed by atoms with Gasteiger partial charge in [0, 0.05) is 25.2 Å². The highest BCUT2D eigenvalue weighted by Crippen LogP contribution is 2.36. The summed E-state index contributed by atoms with van der Waals surface area (Å²) in [6, 6.07) is 1.04. The minimum absolute atomic E-state index is 0.256. The molecule has 0 aromatic rings. The topological polar surface area (TPSA) is 41.6 Å². The third-order valence-electron chi connectivity index (χ3n) is 5.31. The molecule has 4 nitrogen and oxygen atoms in total. The van der Waals surface area contributed by atoms with Crippen molar-refractivity contribution in [1.29, 1.82) is 0 Å². The van der Waals surface area contributed by atoms with Gasteiger partial charge in [0.05, 0.1) is 0 Å². The molecule has 0 aromatic heterocycles. The molecule has 0 saturated heterocycles. The van der Waals surface area contributed by atoms with Crippen LogP contribution in [-0.2, 0) is 4.74 Å². The molecule has 1 amide bonds. The van der Waals surface area contributed by atoms with E-state index in [0.29, 0.717) is 6.04 Å². The van der Waals surface area contributed by atoms with Gasteiger partial charge in [-0.15, -0.1) is 0 Å². The van der Waals surface area contributed by atoms with Gasteiger partial charge in [0.15, 0.2) is 0 Å². The fourth-order valence-electron chi connectivity index (χ4n) is 3.70. The highest BCUT2D eigenvalue weighted by atomic mass is 16.6. The number of nitrogens with one attached hydrogen (secondary N) is 1. The lowest BCUT2D eigenvalue weighted by Crippen LogP contribution is -2.46. The number of carbonyl (C=O) groups is 1. The van der Waals surface area contributed by atoms with Crippen LogP contribution in [-0.4, -0.2) is 41.8 Å². The molecule has 0 bridgehead atoms. The summed E-state index contributed by atoms with van der Waals surface area (Å²) in [5.41, 5.74) is -0.410. The number of nitrogens with zero attached hydrogens (tertiary/aromatic N) is 1. The third kappa shape index (κ3) is 5.98. The van der Waals surface area contributed by atoms with Crippen molar-refractivity contribution in [1.82, 2.24) is 10.2 Å². The van der Waals surface area contributed by atoms with Crippen LogP contribution in [0.5, 0.6) is 0 Å². The van der Waals surface area contributed by atoms with Crippen LogP contribution in [0.3, 0.4) is 0 Å². The Morgan fingerprint density at radius 2 is 1.48 bits per heavy atom. The Balaban J connectivity index is 1.42. The fraction of sp³-hybridized carbons (Fsp3) is 0.947. The van der Waals surface area contributed by atoms with Crippen LogP contribution >= 0.6 is 0 Å². The molecule has 132 valence electrons. The summed E-state index contributed by atoms with van der Waals surface area (Å²) < 4.78 is 5.38. The van der Waals surface area contributed by atoms with Gasteiger partial charge in [0.25, 0.3) is 0 Å². The van der Waals surface area contributed by atoms with E-state index < -0.39 is 5.60 Å². The van der Waals surface area contributed by atoms with Gasteiger partial charge in [-0.1, -0.05) is 0 Å². The first-order valence-electron chi connectivity index (χ1n) is 9.62. The summed E-state index contributed by atoms with van der Waals surface area (Å²) in [7, 11) is 0. The van der Waals surface area contributed by atoms with Crippen LogP contribution < -0.4 is 5.32 Å². The molecular formula is C19H34N2O2. The number of rotatable bonds is 6. The van der Waals surface area contributed by atoms with E-state index >= 15 is 0 Å². The number of ether oxygens (including phenoxy) is 1. The maximum Gasteiger partial charge on any atom is 0.407 e. The lowest BCUT2D eigenvalue weighted by atomic mass is 9.90. The van der Waals surface area contributed by atoms with Crippen molar-refractivity contribution in [3.8, 4) is 0 Å². The highest BCUT2D eigenvalue weighted by molar-refractivity contribution is 5.68. The largest absolute Gasteiger partial charge is 0.444 e. The van der Waals surface area contributed by atoms with E-state index in [-0.39, 0.29) is 6.09 Å². The SMILES string of the molecule is CC(C)(C)OC(=O)N[C@H]1CC[C@H](N(CC2CC2)CC2CC2)CC1. The van der Waals surface area contributed by atoms with Crippen molar-refractivity contribution >= 4 is 6.09 Å². The Labute approximate surface area is 141 Å². The number of carbonyl (C=O) groups excluding carboxylic acids is 1. The lowest BCUT2D eigenvalue weighted by molar-refractivity contribution is 0.0474. The molecule has 0 unspecified atom stereocenters. The predicted molar refractivity (Wildman–Crippen MR) is 92.4 cm³/mol. The smallest absolute Gasteiger partial charge is 0.407 e. The van der Waals surface area contributed by atoms with Crippen molar-refractivity contribution in [3.63, 3.8) is 0 Å². The van der Waals surface area contributed by atoms with Crippen LogP contribution in [0.2, 0.25) is 0 Å². The molecule has 3 rings (SSSR count). The van der Waals surface area contributed by atoms with Crippen LogP contribution in [0.1, 0.15) is 72.1 Å². The number of amides is 1. The van der Waals surface area contributed by atoms with Gasteiger partial charge in [-0.2, -0.15) is 0 Å². The summed E-state index contributed by atoms with van der Waals surface area (Å²) >= 11 is 0. The van der Waals surface area contributed by atoms with E-state index in [1.165, 1.54) is 51.6 Å². The van der Waals surface area contributed by atoms with Crippen molar-refractivity contribution in [3.05, 3.63) is 0 Å². The molecular weight excluding hydrogens is 288 g/mol. The van der Waals surface area contributed by atoms with Crippen molar-refractivity contribution < 1.29 is 9.53 Å². The minimum atomic E-state index is -0.410. The second kappa shape index (κ2) is 7.00. The zero-order valence-electron chi connectivity index (χ0n) is 15.1. The van der Waals surface area contributed by atoms with Gasteiger partial charge in [-0.3, -0.25) is 4.90 Å². The number of hydrogen-bond acceptors (Lipinski definition) is 3. The maximum absolute atomic E-state index is 11.9. The van der Waals surface area contributed by atoms with E-state index in [4.69, 9.17) is 4.74 Å². The first kappa shape index (κ1) is 17.1. The van der Waals surface area contributed by atoms with Crippen molar-refractivity contribution in [2.45, 2.75) is 89.8 Å². The first-order chi connectivity index (χ1) is 10.9. The monoisotopic (exact) mass is 322 g/mol. The molecule has 0 atom stereocenters. The Kier molecular flexibility index (Phi) is 5.19. The molecule has 0 heterocycles. The van der Waals surface area contributed by atoms with E-state index in [0.717, 1.165) is 30.7 Å². The Bertz CT molecular complexity index is 388. The lowest BCUT2D eigenvalue weighted by Gasteiger charge is -2.37. The van der Waals surface area contributed by atoms with Crippen LogP contribution in [0.25, 0.3) is 0 Å². The molecule has 0 spiro atoms. The van der Waals surface area contributed by atoms with Crippen LogP contribution in [0.15, 0.2) is 0 Å². The molecule has 3 fully saturated rings. The van der Waals surface area contributed by atoms with E-state index in [1.54, 1.807) is 0 Å². The molecule has 3 aliphatic carbocycles. The van der Waals surface area contributed by atoms with Gasteiger partial charge < -0.3 is 10.1 Å². The fourth-order valence-corrected chi connectivity index (χ4v) is 3.70. The second-order valence-electron chi connectivity index (χ2n) is 8.99. The minimum Gasteiger partial charge on any atom is -0.444 e. The Morgan fingerprint density at radius 3 is 1.91 bits per heavy atom. The van der Waals surface area contributed by atoms with E-state index in [1.807, 2.05) is 20.8 Å². The van der Waals surface area contributed by atoms with Crippen LogP contribution in [0, 0.1) is 11.8 Å². The Morgan fingerprint density at radius 1 is 0.957 bits per heavy atom. The summed E-state index contributed by atoms with van der Waals surface area (Å²) in [4.78, 5) is 14.7. The normalized spacial score (nSPS) is 28.7. The molecule has 3 saturated carbocycles. The zero-order chi connectivity index (χ0) is 16.4. The predicted octanol–water partition coefficient (Wildman–Crippen LogP) is 3.94. The highest BCUT2D eigenvalue weighted by Gasteiger charge is 2.34. The second-order valence-corrected chi connectivity index (χ2v) is 8.99. The van der Waals surface area contributed by atoms with Crippen molar-refractivity contribution in [2.24, 2.45) is 11.8 Å². The maximum atomic E-state index is 11.9.